The molecule has 0 radical (unpaired) electrons. The van der Waals surface area contributed by atoms with Gasteiger partial charge in [0, 0.05) is 50.6 Å². The van der Waals surface area contributed by atoms with Gasteiger partial charge in [-0.3, -0.25) is 4.79 Å². The number of carbonyl (C=O) groups excluding carboxylic acids is 1. The van der Waals surface area contributed by atoms with Gasteiger partial charge in [0.25, 0.3) is 5.91 Å². The number of hydrogen-bond acceptors (Lipinski definition) is 6. The summed E-state index contributed by atoms with van der Waals surface area (Å²) in [6, 6.07) is 7.69. The number of carbonyl (C=O) groups is 1. The maximum absolute atomic E-state index is 12.4. The fraction of sp³-hybridized carbons (Fsp3) is 0.375. The van der Waals surface area contributed by atoms with Crippen LogP contribution in [0.5, 0.6) is 0 Å². The summed E-state index contributed by atoms with van der Waals surface area (Å²) in [7, 11) is 1.93. The van der Waals surface area contributed by atoms with Gasteiger partial charge in [-0.1, -0.05) is 30.7 Å². The van der Waals surface area contributed by atoms with Crippen LogP contribution < -0.4 is 5.73 Å². The highest BCUT2D eigenvalue weighted by molar-refractivity contribution is 7.99. The highest BCUT2D eigenvalue weighted by Gasteiger charge is 2.20. The van der Waals surface area contributed by atoms with Crippen LogP contribution in [0, 0.1) is 0 Å². The lowest BCUT2D eigenvalue weighted by Crippen LogP contribution is -2.27. The monoisotopic (exact) mass is 450 g/mol. The minimum Gasteiger partial charge on any atom is -0.383 e. The van der Waals surface area contributed by atoms with Crippen molar-refractivity contribution in [3.05, 3.63) is 54.3 Å². The first-order chi connectivity index (χ1) is 15.6. The summed E-state index contributed by atoms with van der Waals surface area (Å²) in [4.78, 5) is 22.8. The zero-order chi connectivity index (χ0) is 22.5. The van der Waals surface area contributed by atoms with Crippen molar-refractivity contribution in [1.29, 1.82) is 0 Å². The molecule has 168 valence electrons. The number of nitrogens with two attached hydrogens (primary N) is 1. The molecule has 5 rings (SSSR count). The highest BCUT2D eigenvalue weighted by atomic mass is 32.2. The van der Waals surface area contributed by atoms with Crippen molar-refractivity contribution in [3.8, 4) is 11.1 Å². The number of rotatable bonds is 4. The molecule has 0 unspecified atom stereocenters. The predicted molar refractivity (Wildman–Crippen MR) is 132 cm³/mol. The Hall–Kier alpha value is -2.84. The van der Waals surface area contributed by atoms with Crippen LogP contribution in [0.15, 0.2) is 48.8 Å². The minimum absolute atomic E-state index is 0.111. The smallest absolute Gasteiger partial charge is 0.253 e. The Balaban J connectivity index is 0.000000260. The van der Waals surface area contributed by atoms with Crippen molar-refractivity contribution in [2.75, 3.05) is 31.9 Å². The molecule has 2 N–H and O–H groups in total. The lowest BCUT2D eigenvalue weighted by molar-refractivity contribution is 0.0793. The van der Waals surface area contributed by atoms with Crippen LogP contribution in [0.3, 0.4) is 0 Å². The highest BCUT2D eigenvalue weighted by Crippen LogP contribution is 2.32. The zero-order valence-corrected chi connectivity index (χ0v) is 19.4. The van der Waals surface area contributed by atoms with Crippen molar-refractivity contribution in [1.82, 2.24) is 23.7 Å². The molecule has 3 aromatic rings. The molecule has 4 heterocycles. The Morgan fingerprint density at radius 1 is 1.06 bits per heavy atom. The molecule has 2 aromatic heterocycles. The van der Waals surface area contributed by atoms with Crippen molar-refractivity contribution >= 4 is 34.7 Å². The summed E-state index contributed by atoms with van der Waals surface area (Å²) in [5.41, 5.74) is 9.55. The number of amides is 1. The van der Waals surface area contributed by atoms with Gasteiger partial charge in [-0.15, -0.1) is 0 Å². The van der Waals surface area contributed by atoms with E-state index in [1.54, 1.807) is 11.9 Å². The average molecular weight is 451 g/mol. The molecule has 0 saturated carbocycles. The summed E-state index contributed by atoms with van der Waals surface area (Å²) in [6.07, 6.45) is 8.38. The van der Waals surface area contributed by atoms with Gasteiger partial charge in [0.15, 0.2) is 0 Å². The lowest BCUT2D eigenvalue weighted by atomic mass is 10.0. The number of fused-ring (bicyclic) bond motifs is 1. The van der Waals surface area contributed by atoms with Crippen LogP contribution in [0.4, 0.5) is 5.82 Å². The first kappa shape index (κ1) is 22.4. The predicted octanol–water partition coefficient (Wildman–Crippen LogP) is 4.33. The first-order valence-corrected chi connectivity index (χ1v) is 11.9. The number of aryl methyl sites for hydroxylation is 1. The molecule has 0 bridgehead atoms. The third kappa shape index (κ3) is 4.81. The van der Waals surface area contributed by atoms with Gasteiger partial charge < -0.3 is 15.2 Å². The molecule has 32 heavy (non-hydrogen) atoms. The van der Waals surface area contributed by atoms with E-state index in [9.17, 15) is 4.79 Å². The van der Waals surface area contributed by atoms with Gasteiger partial charge in [0.2, 0.25) is 0 Å². The third-order valence-electron chi connectivity index (χ3n) is 5.91. The molecule has 0 aliphatic carbocycles. The van der Waals surface area contributed by atoms with Gasteiger partial charge in [-0.05, 0) is 48.8 Å². The average Bonchev–Trinajstić information content (AvgIpc) is 3.57. The van der Waals surface area contributed by atoms with Crippen LogP contribution in [-0.4, -0.2) is 55.8 Å². The fourth-order valence-electron chi connectivity index (χ4n) is 4.25. The Morgan fingerprint density at radius 2 is 1.72 bits per heavy atom. The van der Waals surface area contributed by atoms with Crippen molar-refractivity contribution in [2.24, 2.45) is 7.05 Å². The molecule has 2 aliphatic heterocycles. The SMILES string of the molecule is C=CSN1CCCC1.Cn1cc(-c2ccc(C(=O)N3CCCC3)cc2)c2c(N)ncnc21. The van der Waals surface area contributed by atoms with E-state index in [-0.39, 0.29) is 5.91 Å². The van der Waals surface area contributed by atoms with E-state index in [1.807, 2.05) is 52.4 Å². The van der Waals surface area contributed by atoms with E-state index < -0.39 is 0 Å². The van der Waals surface area contributed by atoms with Gasteiger partial charge in [0.1, 0.15) is 17.8 Å². The largest absolute Gasteiger partial charge is 0.383 e. The van der Waals surface area contributed by atoms with E-state index >= 15 is 0 Å². The van der Waals surface area contributed by atoms with Crippen molar-refractivity contribution in [3.63, 3.8) is 0 Å². The molecule has 2 fully saturated rings. The molecule has 1 amide bonds. The van der Waals surface area contributed by atoms with Crippen molar-refractivity contribution in [2.45, 2.75) is 25.7 Å². The number of anilines is 1. The van der Waals surface area contributed by atoms with Crippen LogP contribution in [0.1, 0.15) is 36.0 Å². The van der Waals surface area contributed by atoms with E-state index in [2.05, 4.69) is 20.9 Å². The first-order valence-electron chi connectivity index (χ1n) is 11.1. The number of aromatic nitrogens is 3. The minimum atomic E-state index is 0.111. The topological polar surface area (TPSA) is 80.3 Å². The molecule has 8 heteroatoms. The van der Waals surface area contributed by atoms with Gasteiger partial charge in [0.05, 0.1) is 5.39 Å². The van der Waals surface area contributed by atoms with Gasteiger partial charge >= 0.3 is 0 Å². The van der Waals surface area contributed by atoms with Crippen LogP contribution in [0.2, 0.25) is 0 Å². The Morgan fingerprint density at radius 3 is 2.38 bits per heavy atom. The standard InChI is InChI=1S/C18H19N5O.C6H11NS/c1-22-10-14(15-16(19)20-11-21-17(15)22)12-4-6-13(7-5-12)18(24)23-8-2-3-9-23;1-2-8-7-5-3-4-6-7/h4-7,10-11H,2-3,8-9H2,1H3,(H2,19,20,21);2H,1,3-6H2. The number of nitrogen functional groups attached to an aromatic ring is 1. The Labute approximate surface area is 193 Å². The second-order valence-corrected chi connectivity index (χ2v) is 9.16. The van der Waals surface area contributed by atoms with Crippen LogP contribution in [0.25, 0.3) is 22.2 Å². The molecule has 1 aromatic carbocycles. The van der Waals surface area contributed by atoms with E-state index in [0.29, 0.717) is 5.82 Å². The third-order valence-corrected chi connectivity index (χ3v) is 6.72. The number of nitrogens with zero attached hydrogens (tertiary/aromatic N) is 5. The van der Waals surface area contributed by atoms with E-state index in [4.69, 9.17) is 5.73 Å². The molecule has 7 nitrogen and oxygen atoms in total. The van der Waals surface area contributed by atoms with Gasteiger partial charge in [-0.2, -0.15) is 0 Å². The molecule has 0 spiro atoms. The molecular formula is C24H30N6OS. The lowest BCUT2D eigenvalue weighted by Gasteiger charge is -2.15. The summed E-state index contributed by atoms with van der Waals surface area (Å²) in [5.74, 6) is 0.577. The summed E-state index contributed by atoms with van der Waals surface area (Å²) in [6.45, 7) is 7.86. The maximum Gasteiger partial charge on any atom is 0.253 e. The summed E-state index contributed by atoms with van der Waals surface area (Å²) < 4.78 is 4.28. The normalized spacial score (nSPS) is 16.2. The molecular weight excluding hydrogens is 420 g/mol. The Kier molecular flexibility index (Phi) is 7.12. The van der Waals surface area contributed by atoms with E-state index in [0.717, 1.165) is 53.7 Å². The number of benzene rings is 1. The zero-order valence-electron chi connectivity index (χ0n) is 18.5. The fourth-order valence-corrected chi connectivity index (χ4v) is 4.93. The summed E-state index contributed by atoms with van der Waals surface area (Å²) >= 11 is 1.74. The second-order valence-electron chi connectivity index (χ2n) is 8.10. The maximum atomic E-state index is 12.4. The Bertz CT molecular complexity index is 1080. The number of hydrogen-bond donors (Lipinski definition) is 1. The molecule has 0 atom stereocenters. The van der Waals surface area contributed by atoms with Crippen LogP contribution in [-0.2, 0) is 7.05 Å². The quantitative estimate of drug-likeness (QED) is 0.596. The summed E-state index contributed by atoms with van der Waals surface area (Å²) in [5, 5.41) is 2.74. The molecule has 2 aliphatic rings. The van der Waals surface area contributed by atoms with Crippen molar-refractivity contribution < 1.29 is 4.79 Å². The number of likely N-dealkylation sites (tertiary alicyclic amines) is 1. The molecule has 2 saturated heterocycles. The second kappa shape index (κ2) is 10.2. The van der Waals surface area contributed by atoms with Gasteiger partial charge in [-0.25, -0.2) is 14.3 Å². The van der Waals surface area contributed by atoms with E-state index in [1.165, 1.54) is 32.3 Å². The van der Waals surface area contributed by atoms with Crippen LogP contribution >= 0.6 is 11.9 Å².